The summed E-state index contributed by atoms with van der Waals surface area (Å²) >= 11 is 0. The van der Waals surface area contributed by atoms with Gasteiger partial charge < -0.3 is 10.1 Å². The summed E-state index contributed by atoms with van der Waals surface area (Å²) in [5, 5.41) is 11.8. The van der Waals surface area contributed by atoms with Crippen LogP contribution in [0, 0.1) is 17.1 Å². The number of methoxy groups -OCH3 is 1. The van der Waals surface area contributed by atoms with Crippen molar-refractivity contribution in [3.8, 4) is 11.9 Å². The number of nitrogens with one attached hydrogen (secondary N) is 1. The Morgan fingerprint density at radius 2 is 2.15 bits per heavy atom. The fraction of sp³-hybridized carbons (Fsp3) is 0.200. The van der Waals surface area contributed by atoms with Gasteiger partial charge in [-0.1, -0.05) is 6.07 Å². The first-order chi connectivity index (χ1) is 9.72. The minimum atomic E-state index is -0.371. The molecule has 2 rings (SSSR count). The Hall–Kier alpha value is -2.45. The lowest BCUT2D eigenvalue weighted by atomic mass is 10.1. The van der Waals surface area contributed by atoms with Gasteiger partial charge in [0.05, 0.1) is 18.7 Å². The highest BCUT2D eigenvalue weighted by atomic mass is 19.1. The number of halogens is 1. The zero-order chi connectivity index (χ0) is 14.4. The lowest BCUT2D eigenvalue weighted by Gasteiger charge is -2.07. The molecule has 4 nitrogen and oxygen atoms in total. The summed E-state index contributed by atoms with van der Waals surface area (Å²) in [4.78, 5) is 4.02. The average molecular weight is 271 g/mol. The van der Waals surface area contributed by atoms with E-state index >= 15 is 0 Å². The number of nitriles is 1. The van der Waals surface area contributed by atoms with Gasteiger partial charge in [-0.3, -0.25) is 0 Å². The highest BCUT2D eigenvalue weighted by Crippen LogP contribution is 2.11. The van der Waals surface area contributed by atoms with Gasteiger partial charge in [0, 0.05) is 30.9 Å². The average Bonchev–Trinajstić information content (AvgIpc) is 2.49. The van der Waals surface area contributed by atoms with E-state index in [1.54, 1.807) is 25.4 Å². The molecule has 1 aromatic carbocycles. The monoisotopic (exact) mass is 271 g/mol. The molecule has 0 bridgehead atoms. The van der Waals surface area contributed by atoms with Crippen LogP contribution in [0.15, 0.2) is 36.5 Å². The summed E-state index contributed by atoms with van der Waals surface area (Å²) in [6.07, 6.45) is 1.66. The summed E-state index contributed by atoms with van der Waals surface area (Å²) in [6, 6.07) is 10.1. The third kappa shape index (κ3) is 3.53. The quantitative estimate of drug-likeness (QED) is 0.907. The molecule has 0 saturated carbocycles. The maximum absolute atomic E-state index is 13.7. The number of benzene rings is 1. The highest BCUT2D eigenvalue weighted by molar-refractivity contribution is 5.32. The van der Waals surface area contributed by atoms with Gasteiger partial charge in [0.2, 0.25) is 5.88 Å². The van der Waals surface area contributed by atoms with E-state index < -0.39 is 0 Å². The molecule has 102 valence electrons. The number of aromatic nitrogens is 1. The number of nitrogens with zero attached hydrogens (tertiary/aromatic N) is 2. The molecule has 2 aromatic rings. The second-order valence-corrected chi connectivity index (χ2v) is 4.23. The van der Waals surface area contributed by atoms with Crippen LogP contribution in [0.3, 0.4) is 0 Å². The SMILES string of the molecule is COc1cc(CNCc2ccc(C#N)cc2F)ccn1. The lowest BCUT2D eigenvalue weighted by molar-refractivity contribution is 0.397. The molecular formula is C15H14FN3O. The standard InChI is InChI=1S/C15H14FN3O/c1-20-15-7-12(4-5-19-15)9-18-10-13-3-2-11(8-17)6-14(13)16/h2-7,18H,9-10H2,1H3. The van der Waals surface area contributed by atoms with Crippen molar-refractivity contribution < 1.29 is 9.13 Å². The van der Waals surface area contributed by atoms with E-state index in [2.05, 4.69) is 10.3 Å². The molecule has 5 heteroatoms. The largest absolute Gasteiger partial charge is 0.481 e. The molecule has 0 radical (unpaired) electrons. The molecule has 0 aliphatic rings. The van der Waals surface area contributed by atoms with Crippen LogP contribution in [-0.4, -0.2) is 12.1 Å². The zero-order valence-electron chi connectivity index (χ0n) is 11.1. The van der Waals surface area contributed by atoms with Gasteiger partial charge in [-0.05, 0) is 23.8 Å². The number of rotatable bonds is 5. The number of hydrogen-bond donors (Lipinski definition) is 1. The van der Waals surface area contributed by atoms with Crippen LogP contribution in [-0.2, 0) is 13.1 Å². The molecule has 0 amide bonds. The summed E-state index contributed by atoms with van der Waals surface area (Å²) in [7, 11) is 1.56. The third-order valence-corrected chi connectivity index (χ3v) is 2.84. The van der Waals surface area contributed by atoms with E-state index in [9.17, 15) is 4.39 Å². The molecular weight excluding hydrogens is 257 g/mol. The minimum absolute atomic E-state index is 0.324. The van der Waals surface area contributed by atoms with E-state index in [0.29, 0.717) is 30.1 Å². The van der Waals surface area contributed by atoms with Crippen molar-refractivity contribution in [2.45, 2.75) is 13.1 Å². The number of hydrogen-bond acceptors (Lipinski definition) is 4. The second kappa shape index (κ2) is 6.64. The molecule has 0 aliphatic carbocycles. The normalized spacial score (nSPS) is 10.1. The van der Waals surface area contributed by atoms with E-state index in [-0.39, 0.29) is 5.82 Å². The minimum Gasteiger partial charge on any atom is -0.481 e. The van der Waals surface area contributed by atoms with Gasteiger partial charge in [-0.2, -0.15) is 5.26 Å². The van der Waals surface area contributed by atoms with Crippen molar-refractivity contribution >= 4 is 0 Å². The molecule has 0 saturated heterocycles. The highest BCUT2D eigenvalue weighted by Gasteiger charge is 2.03. The van der Waals surface area contributed by atoms with E-state index in [1.807, 2.05) is 18.2 Å². The maximum Gasteiger partial charge on any atom is 0.213 e. The first-order valence-electron chi connectivity index (χ1n) is 6.11. The Bertz CT molecular complexity index is 637. The van der Waals surface area contributed by atoms with Crippen molar-refractivity contribution in [3.05, 3.63) is 59.0 Å². The van der Waals surface area contributed by atoms with E-state index in [1.165, 1.54) is 6.07 Å². The number of pyridine rings is 1. The summed E-state index contributed by atoms with van der Waals surface area (Å²) in [5.41, 5.74) is 1.86. The molecule has 20 heavy (non-hydrogen) atoms. The van der Waals surface area contributed by atoms with Gasteiger partial charge in [0.25, 0.3) is 0 Å². The van der Waals surface area contributed by atoms with Crippen molar-refractivity contribution in [1.29, 1.82) is 5.26 Å². The van der Waals surface area contributed by atoms with Crippen molar-refractivity contribution in [2.75, 3.05) is 7.11 Å². The van der Waals surface area contributed by atoms with Gasteiger partial charge in [0.1, 0.15) is 5.82 Å². The van der Waals surface area contributed by atoms with Crippen LogP contribution < -0.4 is 10.1 Å². The van der Waals surface area contributed by atoms with Crippen LogP contribution in [0.25, 0.3) is 0 Å². The molecule has 0 atom stereocenters. The van der Waals surface area contributed by atoms with Crippen molar-refractivity contribution in [1.82, 2.24) is 10.3 Å². The summed E-state index contributed by atoms with van der Waals surface area (Å²) < 4.78 is 18.7. The Kier molecular flexibility index (Phi) is 4.64. The Balaban J connectivity index is 1.94. The Labute approximate surface area is 116 Å². The van der Waals surface area contributed by atoms with Crippen LogP contribution in [0.1, 0.15) is 16.7 Å². The molecule has 1 heterocycles. The van der Waals surface area contributed by atoms with Crippen molar-refractivity contribution in [2.24, 2.45) is 0 Å². The van der Waals surface area contributed by atoms with E-state index in [0.717, 1.165) is 5.56 Å². The maximum atomic E-state index is 13.7. The molecule has 0 fully saturated rings. The predicted octanol–water partition coefficient (Wildman–Crippen LogP) is 2.39. The zero-order valence-corrected chi connectivity index (χ0v) is 11.1. The second-order valence-electron chi connectivity index (χ2n) is 4.23. The topological polar surface area (TPSA) is 57.9 Å². The lowest BCUT2D eigenvalue weighted by Crippen LogP contribution is -2.14. The Morgan fingerprint density at radius 1 is 1.30 bits per heavy atom. The van der Waals surface area contributed by atoms with Crippen LogP contribution in [0.4, 0.5) is 4.39 Å². The van der Waals surface area contributed by atoms with E-state index in [4.69, 9.17) is 10.00 Å². The summed E-state index contributed by atoms with van der Waals surface area (Å²) in [5.74, 6) is 0.178. The van der Waals surface area contributed by atoms with Crippen LogP contribution >= 0.6 is 0 Å². The van der Waals surface area contributed by atoms with Crippen molar-refractivity contribution in [3.63, 3.8) is 0 Å². The van der Waals surface area contributed by atoms with Gasteiger partial charge in [-0.25, -0.2) is 9.37 Å². The predicted molar refractivity (Wildman–Crippen MR) is 72.4 cm³/mol. The smallest absolute Gasteiger partial charge is 0.213 e. The van der Waals surface area contributed by atoms with Gasteiger partial charge in [-0.15, -0.1) is 0 Å². The molecule has 1 N–H and O–H groups in total. The first-order valence-corrected chi connectivity index (χ1v) is 6.11. The fourth-order valence-electron chi connectivity index (χ4n) is 1.77. The molecule has 0 aliphatic heterocycles. The van der Waals surface area contributed by atoms with Crippen LogP contribution in [0.2, 0.25) is 0 Å². The van der Waals surface area contributed by atoms with Gasteiger partial charge >= 0.3 is 0 Å². The van der Waals surface area contributed by atoms with Crippen LogP contribution in [0.5, 0.6) is 5.88 Å². The van der Waals surface area contributed by atoms with Gasteiger partial charge in [0.15, 0.2) is 0 Å². The number of ether oxygens (including phenoxy) is 1. The third-order valence-electron chi connectivity index (χ3n) is 2.84. The summed E-state index contributed by atoms with van der Waals surface area (Å²) in [6.45, 7) is 0.973. The molecule has 0 spiro atoms. The Morgan fingerprint density at radius 3 is 2.85 bits per heavy atom. The first kappa shape index (κ1) is 14.0. The molecule has 0 unspecified atom stereocenters. The molecule has 1 aromatic heterocycles. The fourth-order valence-corrected chi connectivity index (χ4v) is 1.77.